The van der Waals surface area contributed by atoms with Crippen molar-refractivity contribution in [2.75, 3.05) is 26.8 Å². The summed E-state index contributed by atoms with van der Waals surface area (Å²) in [5, 5.41) is 0. The van der Waals surface area contributed by atoms with Crippen LogP contribution in [0.4, 0.5) is 0 Å². The Hall–Kier alpha value is -0.870. The average molecular weight is 240 g/mol. The van der Waals surface area contributed by atoms with Gasteiger partial charge in [-0.1, -0.05) is 6.08 Å². The fourth-order valence-electron chi connectivity index (χ4n) is 1.84. The Bertz CT molecular complexity index is 292. The Kier molecular flexibility index (Phi) is 5.15. The molecule has 1 aliphatic rings. The minimum absolute atomic E-state index is 0.205. The predicted octanol–water partition coefficient (Wildman–Crippen LogP) is 1.31. The van der Waals surface area contributed by atoms with Gasteiger partial charge in [0.25, 0.3) is 0 Å². The quantitative estimate of drug-likeness (QED) is 0.737. The van der Waals surface area contributed by atoms with Crippen molar-refractivity contribution < 1.29 is 9.53 Å². The van der Waals surface area contributed by atoms with Gasteiger partial charge in [0, 0.05) is 32.2 Å². The first-order valence-electron chi connectivity index (χ1n) is 6.16. The van der Waals surface area contributed by atoms with Crippen LogP contribution in [0.5, 0.6) is 0 Å². The van der Waals surface area contributed by atoms with Gasteiger partial charge in [-0.15, -0.1) is 0 Å². The number of nitrogens with two attached hydrogens (primary N) is 1. The normalized spacial score (nSPS) is 16.9. The molecule has 0 saturated heterocycles. The summed E-state index contributed by atoms with van der Waals surface area (Å²) in [6.45, 7) is 6.10. The fourth-order valence-corrected chi connectivity index (χ4v) is 1.84. The van der Waals surface area contributed by atoms with Crippen LogP contribution in [0.2, 0.25) is 0 Å². The second-order valence-corrected chi connectivity index (χ2v) is 5.37. The molecular weight excluding hydrogens is 216 g/mol. The number of hydrogen-bond acceptors (Lipinski definition) is 3. The van der Waals surface area contributed by atoms with Crippen LogP contribution in [0.1, 0.15) is 33.1 Å². The van der Waals surface area contributed by atoms with Gasteiger partial charge in [-0.05, 0) is 32.3 Å². The summed E-state index contributed by atoms with van der Waals surface area (Å²) in [6, 6.07) is 0. The van der Waals surface area contributed by atoms with Gasteiger partial charge in [0.05, 0.1) is 6.61 Å². The molecule has 4 nitrogen and oxygen atoms in total. The first-order valence-corrected chi connectivity index (χ1v) is 6.16. The van der Waals surface area contributed by atoms with Crippen molar-refractivity contribution in [3.8, 4) is 0 Å². The molecule has 2 N–H and O–H groups in total. The summed E-state index contributed by atoms with van der Waals surface area (Å²) >= 11 is 0. The minimum atomic E-state index is -0.261. The Morgan fingerprint density at radius 2 is 2.29 bits per heavy atom. The number of amides is 1. The van der Waals surface area contributed by atoms with E-state index >= 15 is 0 Å². The van der Waals surface area contributed by atoms with Crippen molar-refractivity contribution in [1.29, 1.82) is 0 Å². The van der Waals surface area contributed by atoms with E-state index in [2.05, 4.69) is 6.08 Å². The highest BCUT2D eigenvalue weighted by atomic mass is 16.5. The maximum Gasteiger partial charge on any atom is 0.222 e. The number of carbonyl (C=O) groups is 1. The monoisotopic (exact) mass is 240 g/mol. The van der Waals surface area contributed by atoms with E-state index in [4.69, 9.17) is 10.5 Å². The second kappa shape index (κ2) is 6.17. The number of methoxy groups -OCH3 is 1. The largest absolute Gasteiger partial charge is 0.380 e. The lowest BCUT2D eigenvalue weighted by Gasteiger charge is -2.27. The van der Waals surface area contributed by atoms with Crippen molar-refractivity contribution in [2.24, 2.45) is 5.73 Å². The van der Waals surface area contributed by atoms with Gasteiger partial charge in [-0.2, -0.15) is 0 Å². The van der Waals surface area contributed by atoms with Crippen molar-refractivity contribution >= 4 is 5.91 Å². The number of hydrogen-bond donors (Lipinski definition) is 1. The van der Waals surface area contributed by atoms with Gasteiger partial charge in [0.1, 0.15) is 0 Å². The molecule has 0 aromatic heterocycles. The summed E-state index contributed by atoms with van der Waals surface area (Å²) < 4.78 is 5.08. The molecule has 0 spiro atoms. The molecule has 0 fully saturated rings. The molecule has 4 heteroatoms. The van der Waals surface area contributed by atoms with Crippen molar-refractivity contribution in [2.45, 2.75) is 38.6 Å². The highest BCUT2D eigenvalue weighted by Gasteiger charge is 2.19. The van der Waals surface area contributed by atoms with E-state index in [9.17, 15) is 4.79 Å². The third-order valence-electron chi connectivity index (χ3n) is 2.97. The van der Waals surface area contributed by atoms with Gasteiger partial charge in [0.2, 0.25) is 5.91 Å². The molecule has 0 aliphatic carbocycles. The van der Waals surface area contributed by atoms with E-state index < -0.39 is 0 Å². The lowest BCUT2D eigenvalue weighted by atomic mass is 9.99. The zero-order valence-corrected chi connectivity index (χ0v) is 11.2. The molecule has 0 bridgehead atoms. The maximum atomic E-state index is 11.9. The molecule has 0 aromatic rings. The standard InChI is InChI=1S/C13H24N2O2/c1-13(2,14)7-4-12(16)15-8-5-11(6-9-15)10-17-3/h5H,4,6-10,14H2,1-3H3. The molecule has 1 rings (SSSR count). The summed E-state index contributed by atoms with van der Waals surface area (Å²) in [7, 11) is 1.70. The Morgan fingerprint density at radius 1 is 1.59 bits per heavy atom. The van der Waals surface area contributed by atoms with E-state index in [1.807, 2.05) is 18.7 Å². The maximum absolute atomic E-state index is 11.9. The van der Waals surface area contributed by atoms with Gasteiger partial charge in [0.15, 0.2) is 0 Å². The highest BCUT2D eigenvalue weighted by Crippen LogP contribution is 2.14. The van der Waals surface area contributed by atoms with Crippen LogP contribution in [-0.2, 0) is 9.53 Å². The lowest BCUT2D eigenvalue weighted by molar-refractivity contribution is -0.131. The highest BCUT2D eigenvalue weighted by molar-refractivity contribution is 5.76. The van der Waals surface area contributed by atoms with Crippen LogP contribution in [0.15, 0.2) is 11.6 Å². The van der Waals surface area contributed by atoms with E-state index in [0.717, 1.165) is 19.4 Å². The molecule has 1 amide bonds. The van der Waals surface area contributed by atoms with Crippen molar-refractivity contribution in [3.63, 3.8) is 0 Å². The average Bonchev–Trinajstić information content (AvgIpc) is 2.26. The number of nitrogens with zero attached hydrogens (tertiary/aromatic N) is 1. The molecule has 17 heavy (non-hydrogen) atoms. The van der Waals surface area contributed by atoms with Crippen LogP contribution in [0.25, 0.3) is 0 Å². The van der Waals surface area contributed by atoms with E-state index in [1.165, 1.54) is 5.57 Å². The zero-order chi connectivity index (χ0) is 12.9. The van der Waals surface area contributed by atoms with Crippen LogP contribution in [-0.4, -0.2) is 43.2 Å². The summed E-state index contributed by atoms with van der Waals surface area (Å²) in [4.78, 5) is 13.8. The molecule has 1 aliphatic heterocycles. The molecule has 0 atom stereocenters. The van der Waals surface area contributed by atoms with Crippen LogP contribution in [0.3, 0.4) is 0 Å². The first-order chi connectivity index (χ1) is 7.92. The minimum Gasteiger partial charge on any atom is -0.380 e. The zero-order valence-electron chi connectivity index (χ0n) is 11.2. The van der Waals surface area contributed by atoms with Crippen LogP contribution >= 0.6 is 0 Å². The summed E-state index contributed by atoms with van der Waals surface area (Å²) in [5.74, 6) is 0.205. The smallest absolute Gasteiger partial charge is 0.222 e. The van der Waals surface area contributed by atoms with E-state index in [1.54, 1.807) is 7.11 Å². The van der Waals surface area contributed by atoms with Gasteiger partial charge in [-0.3, -0.25) is 4.79 Å². The summed E-state index contributed by atoms with van der Waals surface area (Å²) in [5.41, 5.74) is 6.90. The van der Waals surface area contributed by atoms with Crippen molar-refractivity contribution in [3.05, 3.63) is 11.6 Å². The third kappa shape index (κ3) is 5.33. The Balaban J connectivity index is 2.36. The van der Waals surface area contributed by atoms with E-state index in [-0.39, 0.29) is 11.4 Å². The van der Waals surface area contributed by atoms with Gasteiger partial charge >= 0.3 is 0 Å². The molecule has 98 valence electrons. The van der Waals surface area contributed by atoms with Crippen LogP contribution < -0.4 is 5.73 Å². The summed E-state index contributed by atoms with van der Waals surface area (Å²) in [6.07, 6.45) is 4.29. The van der Waals surface area contributed by atoms with Gasteiger partial charge < -0.3 is 15.4 Å². The fraction of sp³-hybridized carbons (Fsp3) is 0.769. The topological polar surface area (TPSA) is 55.6 Å². The molecule has 0 unspecified atom stereocenters. The number of carbonyl (C=O) groups excluding carboxylic acids is 1. The van der Waals surface area contributed by atoms with Crippen molar-refractivity contribution in [1.82, 2.24) is 4.90 Å². The van der Waals surface area contributed by atoms with Gasteiger partial charge in [-0.25, -0.2) is 0 Å². The Labute approximate surface area is 104 Å². The predicted molar refractivity (Wildman–Crippen MR) is 68.7 cm³/mol. The molecular formula is C13H24N2O2. The number of ether oxygens (including phenoxy) is 1. The lowest BCUT2D eigenvalue weighted by Crippen LogP contribution is -2.38. The molecule has 1 heterocycles. The van der Waals surface area contributed by atoms with Crippen LogP contribution in [0, 0.1) is 0 Å². The molecule has 0 saturated carbocycles. The molecule has 0 aromatic carbocycles. The number of rotatable bonds is 5. The second-order valence-electron chi connectivity index (χ2n) is 5.37. The molecule has 0 radical (unpaired) electrons. The third-order valence-corrected chi connectivity index (χ3v) is 2.97. The first kappa shape index (κ1) is 14.2. The Morgan fingerprint density at radius 3 is 2.76 bits per heavy atom. The van der Waals surface area contributed by atoms with E-state index in [0.29, 0.717) is 19.6 Å². The SMILES string of the molecule is COCC1=CCN(C(=O)CCC(C)(C)N)CC1.